The molecule has 0 bridgehead atoms. The number of halogens is 1. The first-order valence-electron chi connectivity index (χ1n) is 7.28. The van der Waals surface area contributed by atoms with Crippen molar-refractivity contribution in [3.05, 3.63) is 64.8 Å². The second-order valence-electron chi connectivity index (χ2n) is 5.20. The Kier molecular flexibility index (Phi) is 5.20. The van der Waals surface area contributed by atoms with Gasteiger partial charge >= 0.3 is 0 Å². The van der Waals surface area contributed by atoms with Crippen LogP contribution in [-0.4, -0.2) is 21.9 Å². The van der Waals surface area contributed by atoms with Gasteiger partial charge in [-0.05, 0) is 36.2 Å². The highest BCUT2D eigenvalue weighted by Crippen LogP contribution is 2.24. The van der Waals surface area contributed by atoms with E-state index in [-0.39, 0.29) is 5.91 Å². The molecule has 0 aliphatic rings. The van der Waals surface area contributed by atoms with Crippen LogP contribution in [0, 0.1) is 0 Å². The summed E-state index contributed by atoms with van der Waals surface area (Å²) in [6, 6.07) is 10.4. The van der Waals surface area contributed by atoms with Crippen molar-refractivity contribution < 1.29 is 4.79 Å². The van der Waals surface area contributed by atoms with Crippen molar-refractivity contribution in [1.82, 2.24) is 9.97 Å². The van der Waals surface area contributed by atoms with Crippen LogP contribution in [0.2, 0.25) is 5.02 Å². The van der Waals surface area contributed by atoms with Crippen molar-refractivity contribution in [3.8, 4) is 11.3 Å². The lowest BCUT2D eigenvalue weighted by atomic mass is 10.1. The molecule has 3 aromatic rings. The van der Waals surface area contributed by atoms with Gasteiger partial charge in [-0.2, -0.15) is 0 Å². The molecule has 3 N–H and O–H groups in total. The maximum absolute atomic E-state index is 12.2. The zero-order valence-electron chi connectivity index (χ0n) is 12.6. The number of benzene rings is 1. The number of thiazole rings is 1. The Morgan fingerprint density at radius 1 is 1.21 bits per heavy atom. The predicted octanol–water partition coefficient (Wildman–Crippen LogP) is 3.37. The van der Waals surface area contributed by atoms with Crippen molar-refractivity contribution in [2.75, 3.05) is 5.32 Å². The van der Waals surface area contributed by atoms with Gasteiger partial charge in [0.2, 0.25) is 5.91 Å². The Morgan fingerprint density at radius 2 is 1.92 bits per heavy atom. The molecule has 0 aliphatic heterocycles. The van der Waals surface area contributed by atoms with Gasteiger partial charge in [0.1, 0.15) is 0 Å². The second-order valence-corrected chi connectivity index (χ2v) is 6.49. The molecule has 0 saturated heterocycles. The zero-order chi connectivity index (χ0) is 16.9. The number of nitrogens with one attached hydrogen (secondary N) is 1. The van der Waals surface area contributed by atoms with Crippen LogP contribution in [0.5, 0.6) is 0 Å². The smallest absolute Gasteiger partial charge is 0.243 e. The van der Waals surface area contributed by atoms with Gasteiger partial charge < -0.3 is 11.1 Å². The predicted molar refractivity (Wildman–Crippen MR) is 97.1 cm³/mol. The SMILES string of the molecule is NC(Cc1ccc(Cl)cc1)C(=O)Nc1nc(-c2ccncc2)cs1. The number of hydrogen-bond donors (Lipinski definition) is 2. The molecule has 122 valence electrons. The van der Waals surface area contributed by atoms with Crippen molar-refractivity contribution >= 4 is 34.0 Å². The molecule has 0 saturated carbocycles. The Bertz CT molecular complexity index is 820. The van der Waals surface area contributed by atoms with Crippen LogP contribution < -0.4 is 11.1 Å². The highest BCUT2D eigenvalue weighted by molar-refractivity contribution is 7.14. The highest BCUT2D eigenvalue weighted by atomic mass is 35.5. The van der Waals surface area contributed by atoms with Crippen molar-refractivity contribution in [2.24, 2.45) is 5.73 Å². The molecule has 1 atom stereocenters. The third-order valence-electron chi connectivity index (χ3n) is 3.42. The van der Waals surface area contributed by atoms with Gasteiger partial charge in [-0.15, -0.1) is 11.3 Å². The van der Waals surface area contributed by atoms with E-state index in [0.717, 1.165) is 16.8 Å². The van der Waals surface area contributed by atoms with Crippen LogP contribution in [0.3, 0.4) is 0 Å². The Balaban J connectivity index is 1.62. The van der Waals surface area contributed by atoms with E-state index in [4.69, 9.17) is 17.3 Å². The van der Waals surface area contributed by atoms with E-state index in [1.165, 1.54) is 11.3 Å². The van der Waals surface area contributed by atoms with Gasteiger partial charge in [0.25, 0.3) is 0 Å². The molecule has 7 heteroatoms. The molecule has 1 aromatic carbocycles. The molecule has 5 nitrogen and oxygen atoms in total. The molecular formula is C17H15ClN4OS. The number of nitrogens with two attached hydrogens (primary N) is 1. The number of rotatable bonds is 5. The fraction of sp³-hybridized carbons (Fsp3) is 0.118. The van der Waals surface area contributed by atoms with Crippen LogP contribution in [0.4, 0.5) is 5.13 Å². The molecule has 0 aliphatic carbocycles. The number of carbonyl (C=O) groups excluding carboxylic acids is 1. The van der Waals surface area contributed by atoms with Crippen molar-refractivity contribution in [3.63, 3.8) is 0 Å². The number of aromatic nitrogens is 2. The lowest BCUT2D eigenvalue weighted by molar-refractivity contribution is -0.117. The average Bonchev–Trinajstić information content (AvgIpc) is 3.06. The average molecular weight is 359 g/mol. The van der Waals surface area contributed by atoms with Gasteiger partial charge in [-0.3, -0.25) is 9.78 Å². The van der Waals surface area contributed by atoms with E-state index in [1.54, 1.807) is 24.5 Å². The van der Waals surface area contributed by atoms with Gasteiger partial charge in [-0.25, -0.2) is 4.98 Å². The first-order valence-corrected chi connectivity index (χ1v) is 8.54. The fourth-order valence-corrected chi connectivity index (χ4v) is 3.00. The minimum absolute atomic E-state index is 0.263. The quantitative estimate of drug-likeness (QED) is 0.732. The summed E-state index contributed by atoms with van der Waals surface area (Å²) in [5.74, 6) is -0.263. The lowest BCUT2D eigenvalue weighted by Gasteiger charge is -2.10. The maximum Gasteiger partial charge on any atom is 0.243 e. The molecule has 0 radical (unpaired) electrons. The fourth-order valence-electron chi connectivity index (χ4n) is 2.15. The van der Waals surface area contributed by atoms with Crippen LogP contribution in [-0.2, 0) is 11.2 Å². The summed E-state index contributed by atoms with van der Waals surface area (Å²) in [5.41, 5.74) is 8.68. The standard InChI is InChI=1S/C17H15ClN4OS/c18-13-3-1-11(2-4-13)9-14(19)16(23)22-17-21-15(10-24-17)12-5-7-20-8-6-12/h1-8,10,14H,9,19H2,(H,21,22,23). The van der Waals surface area contributed by atoms with Crippen LogP contribution in [0.15, 0.2) is 54.2 Å². The number of pyridine rings is 1. The summed E-state index contributed by atoms with van der Waals surface area (Å²) in [5, 5.41) is 5.83. The molecule has 1 amide bonds. The summed E-state index contributed by atoms with van der Waals surface area (Å²) in [4.78, 5) is 20.6. The van der Waals surface area contributed by atoms with Gasteiger partial charge in [-0.1, -0.05) is 23.7 Å². The number of amides is 1. The zero-order valence-corrected chi connectivity index (χ0v) is 14.2. The Morgan fingerprint density at radius 3 is 2.62 bits per heavy atom. The number of hydrogen-bond acceptors (Lipinski definition) is 5. The minimum Gasteiger partial charge on any atom is -0.320 e. The third kappa shape index (κ3) is 4.17. The maximum atomic E-state index is 12.2. The van der Waals surface area contributed by atoms with E-state index in [2.05, 4.69) is 15.3 Å². The summed E-state index contributed by atoms with van der Waals surface area (Å²) >= 11 is 7.21. The highest BCUT2D eigenvalue weighted by Gasteiger charge is 2.16. The summed E-state index contributed by atoms with van der Waals surface area (Å²) in [6.07, 6.45) is 3.84. The van der Waals surface area contributed by atoms with E-state index < -0.39 is 6.04 Å². The Hall–Kier alpha value is -2.28. The topological polar surface area (TPSA) is 80.9 Å². The van der Waals surface area contributed by atoms with Crippen LogP contribution >= 0.6 is 22.9 Å². The molecule has 2 aromatic heterocycles. The number of nitrogens with zero attached hydrogens (tertiary/aromatic N) is 2. The van der Waals surface area contributed by atoms with Crippen LogP contribution in [0.25, 0.3) is 11.3 Å². The van der Waals surface area contributed by atoms with E-state index in [9.17, 15) is 4.79 Å². The van der Waals surface area contributed by atoms with Crippen molar-refractivity contribution in [1.29, 1.82) is 0 Å². The molecular weight excluding hydrogens is 344 g/mol. The molecule has 2 heterocycles. The normalized spacial score (nSPS) is 11.9. The summed E-state index contributed by atoms with van der Waals surface area (Å²) in [7, 11) is 0. The van der Waals surface area contributed by atoms with E-state index >= 15 is 0 Å². The van der Waals surface area contributed by atoms with Gasteiger partial charge in [0, 0.05) is 28.4 Å². The minimum atomic E-state index is -0.653. The largest absolute Gasteiger partial charge is 0.320 e. The first kappa shape index (κ1) is 16.6. The number of anilines is 1. The Labute approximate surface area is 148 Å². The van der Waals surface area contributed by atoms with Gasteiger partial charge in [0.15, 0.2) is 5.13 Å². The second kappa shape index (κ2) is 7.53. The molecule has 1 unspecified atom stereocenters. The van der Waals surface area contributed by atoms with Crippen molar-refractivity contribution in [2.45, 2.75) is 12.5 Å². The van der Waals surface area contributed by atoms with Crippen LogP contribution in [0.1, 0.15) is 5.56 Å². The lowest BCUT2D eigenvalue weighted by Crippen LogP contribution is -2.37. The third-order valence-corrected chi connectivity index (χ3v) is 4.43. The summed E-state index contributed by atoms with van der Waals surface area (Å²) < 4.78 is 0. The molecule has 24 heavy (non-hydrogen) atoms. The summed E-state index contributed by atoms with van der Waals surface area (Å²) in [6.45, 7) is 0. The van der Waals surface area contributed by atoms with E-state index in [0.29, 0.717) is 16.6 Å². The van der Waals surface area contributed by atoms with E-state index in [1.807, 2.05) is 29.6 Å². The first-order chi connectivity index (χ1) is 11.6. The molecule has 0 spiro atoms. The molecule has 0 fully saturated rings. The van der Waals surface area contributed by atoms with Gasteiger partial charge in [0.05, 0.1) is 11.7 Å². The molecule has 3 rings (SSSR count). The monoisotopic (exact) mass is 358 g/mol. The number of carbonyl (C=O) groups is 1.